The Bertz CT molecular complexity index is 400. The largest absolute Gasteiger partial charge is 0.380 e. The summed E-state index contributed by atoms with van der Waals surface area (Å²) in [6.45, 7) is 5.53. The van der Waals surface area contributed by atoms with E-state index in [1.807, 2.05) is 0 Å². The molecule has 0 fully saturated rings. The second-order valence-corrected chi connectivity index (χ2v) is 5.84. The van der Waals surface area contributed by atoms with E-state index in [-0.39, 0.29) is 11.6 Å². The van der Waals surface area contributed by atoms with Gasteiger partial charge in [0.05, 0.1) is 19.1 Å². The van der Waals surface area contributed by atoms with Crippen molar-refractivity contribution in [3.8, 4) is 0 Å². The minimum atomic E-state index is -3.47. The molecule has 0 atom stereocenters. The highest BCUT2D eigenvalue weighted by Gasteiger charge is 2.13. The summed E-state index contributed by atoms with van der Waals surface area (Å²) < 4.78 is 30.9. The number of aromatic nitrogens is 2. The van der Waals surface area contributed by atoms with Gasteiger partial charge in [-0.3, -0.25) is 0 Å². The molecule has 0 bridgehead atoms. The maximum atomic E-state index is 11.6. The normalized spacial score (nSPS) is 12.2. The Morgan fingerprint density at radius 1 is 1.47 bits per heavy atom. The van der Waals surface area contributed by atoms with E-state index in [4.69, 9.17) is 4.74 Å². The second kappa shape index (κ2) is 6.73. The van der Waals surface area contributed by atoms with Crippen LogP contribution >= 0.6 is 0 Å². The SMILES string of the molecule is CC(C)CCOCCNS(=O)(=O)c1cnc[nH]1. The van der Waals surface area contributed by atoms with Gasteiger partial charge in [0.15, 0.2) is 5.03 Å². The van der Waals surface area contributed by atoms with Crippen LogP contribution < -0.4 is 4.72 Å². The smallest absolute Gasteiger partial charge is 0.257 e. The number of aromatic amines is 1. The summed E-state index contributed by atoms with van der Waals surface area (Å²) in [7, 11) is -3.47. The summed E-state index contributed by atoms with van der Waals surface area (Å²) in [6.07, 6.45) is 3.57. The lowest BCUT2D eigenvalue weighted by Gasteiger charge is -2.07. The van der Waals surface area contributed by atoms with Gasteiger partial charge in [0.1, 0.15) is 0 Å². The van der Waals surface area contributed by atoms with Gasteiger partial charge in [0, 0.05) is 13.2 Å². The Hall–Kier alpha value is -0.920. The van der Waals surface area contributed by atoms with Crippen molar-refractivity contribution in [2.75, 3.05) is 19.8 Å². The van der Waals surface area contributed by atoms with Crippen LogP contribution in [-0.4, -0.2) is 38.1 Å². The Kier molecular flexibility index (Phi) is 5.60. The molecule has 7 heteroatoms. The van der Waals surface area contributed by atoms with E-state index in [0.717, 1.165) is 6.42 Å². The summed E-state index contributed by atoms with van der Waals surface area (Å²) in [5.41, 5.74) is 0. The number of nitrogens with zero attached hydrogens (tertiary/aromatic N) is 1. The van der Waals surface area contributed by atoms with E-state index in [9.17, 15) is 8.42 Å². The van der Waals surface area contributed by atoms with Gasteiger partial charge in [-0.05, 0) is 12.3 Å². The molecule has 0 radical (unpaired) electrons. The van der Waals surface area contributed by atoms with Gasteiger partial charge in [-0.15, -0.1) is 0 Å². The molecule has 1 aromatic rings. The second-order valence-electron chi connectivity index (χ2n) is 4.11. The third kappa shape index (κ3) is 5.29. The highest BCUT2D eigenvalue weighted by atomic mass is 32.2. The standard InChI is InChI=1S/C10H19N3O3S/c1-9(2)3-5-16-6-4-13-17(14,15)10-7-11-8-12-10/h7-9,13H,3-6H2,1-2H3,(H,11,12). The van der Waals surface area contributed by atoms with Gasteiger partial charge in [0.25, 0.3) is 10.0 Å². The average Bonchev–Trinajstić information content (AvgIpc) is 2.76. The van der Waals surface area contributed by atoms with Crippen LogP contribution in [0.4, 0.5) is 0 Å². The zero-order chi connectivity index (χ0) is 12.7. The van der Waals surface area contributed by atoms with Gasteiger partial charge in [-0.1, -0.05) is 13.8 Å². The first kappa shape index (κ1) is 14.1. The summed E-state index contributed by atoms with van der Waals surface area (Å²) in [4.78, 5) is 6.20. The van der Waals surface area contributed by atoms with Crippen LogP contribution in [0.1, 0.15) is 20.3 Å². The Balaban J connectivity index is 2.19. The first-order chi connectivity index (χ1) is 8.02. The van der Waals surface area contributed by atoms with E-state index in [0.29, 0.717) is 19.1 Å². The van der Waals surface area contributed by atoms with E-state index >= 15 is 0 Å². The van der Waals surface area contributed by atoms with E-state index in [1.54, 1.807) is 0 Å². The summed E-state index contributed by atoms with van der Waals surface area (Å²) in [6, 6.07) is 0. The molecule has 0 spiro atoms. The van der Waals surface area contributed by atoms with Crippen molar-refractivity contribution in [2.45, 2.75) is 25.3 Å². The number of hydrogen-bond acceptors (Lipinski definition) is 4. The van der Waals surface area contributed by atoms with E-state index in [1.165, 1.54) is 12.5 Å². The predicted octanol–water partition coefficient (Wildman–Crippen LogP) is 0.751. The number of nitrogens with one attached hydrogen (secondary N) is 2. The molecule has 0 aromatic carbocycles. The van der Waals surface area contributed by atoms with Crippen molar-refractivity contribution in [2.24, 2.45) is 5.92 Å². The van der Waals surface area contributed by atoms with Gasteiger partial charge in [-0.25, -0.2) is 18.1 Å². The molecule has 0 aliphatic heterocycles. The van der Waals surface area contributed by atoms with Gasteiger partial charge in [-0.2, -0.15) is 0 Å². The van der Waals surface area contributed by atoms with Crippen LogP contribution in [0.2, 0.25) is 0 Å². The quantitative estimate of drug-likeness (QED) is 0.676. The molecular weight excluding hydrogens is 242 g/mol. The molecule has 0 saturated carbocycles. The van der Waals surface area contributed by atoms with Crippen molar-refractivity contribution in [1.29, 1.82) is 0 Å². The topological polar surface area (TPSA) is 84.1 Å². The molecule has 0 amide bonds. The fourth-order valence-electron chi connectivity index (χ4n) is 1.14. The minimum Gasteiger partial charge on any atom is -0.380 e. The van der Waals surface area contributed by atoms with Crippen LogP contribution in [0.25, 0.3) is 0 Å². The van der Waals surface area contributed by atoms with Crippen molar-refractivity contribution >= 4 is 10.0 Å². The predicted molar refractivity (Wildman–Crippen MR) is 64.1 cm³/mol. The highest BCUT2D eigenvalue weighted by molar-refractivity contribution is 7.89. The van der Waals surface area contributed by atoms with Crippen molar-refractivity contribution in [1.82, 2.24) is 14.7 Å². The number of sulfonamides is 1. The number of rotatable bonds is 8. The molecule has 17 heavy (non-hydrogen) atoms. The molecule has 1 rings (SSSR count). The molecule has 0 aliphatic carbocycles. The molecule has 98 valence electrons. The monoisotopic (exact) mass is 261 g/mol. The molecular formula is C10H19N3O3S. The van der Waals surface area contributed by atoms with Crippen molar-refractivity contribution in [3.63, 3.8) is 0 Å². The Morgan fingerprint density at radius 2 is 2.24 bits per heavy atom. The Morgan fingerprint density at radius 3 is 2.82 bits per heavy atom. The van der Waals surface area contributed by atoms with E-state index in [2.05, 4.69) is 28.5 Å². The fourth-order valence-corrected chi connectivity index (χ4v) is 2.05. The molecule has 2 N–H and O–H groups in total. The van der Waals surface area contributed by atoms with Crippen LogP contribution in [0, 0.1) is 5.92 Å². The van der Waals surface area contributed by atoms with Crippen LogP contribution in [-0.2, 0) is 14.8 Å². The van der Waals surface area contributed by atoms with Crippen LogP contribution in [0.15, 0.2) is 17.6 Å². The van der Waals surface area contributed by atoms with Gasteiger partial charge in [0.2, 0.25) is 0 Å². The molecule has 6 nitrogen and oxygen atoms in total. The zero-order valence-electron chi connectivity index (χ0n) is 10.1. The van der Waals surface area contributed by atoms with Gasteiger partial charge < -0.3 is 9.72 Å². The lowest BCUT2D eigenvalue weighted by Crippen LogP contribution is -2.27. The Labute approximate surface area is 102 Å². The average molecular weight is 261 g/mol. The maximum Gasteiger partial charge on any atom is 0.257 e. The minimum absolute atomic E-state index is 0.0691. The summed E-state index contributed by atoms with van der Waals surface area (Å²) in [5, 5.41) is 0.0691. The zero-order valence-corrected chi connectivity index (χ0v) is 11.0. The number of ether oxygens (including phenoxy) is 1. The number of imidazole rings is 1. The van der Waals surface area contributed by atoms with Crippen molar-refractivity contribution in [3.05, 3.63) is 12.5 Å². The first-order valence-corrected chi connectivity index (χ1v) is 7.06. The molecule has 1 heterocycles. The lowest BCUT2D eigenvalue weighted by molar-refractivity contribution is 0.128. The third-order valence-corrected chi connectivity index (χ3v) is 3.53. The third-order valence-electron chi connectivity index (χ3n) is 2.14. The molecule has 1 aromatic heterocycles. The van der Waals surface area contributed by atoms with Crippen LogP contribution in [0.5, 0.6) is 0 Å². The highest BCUT2D eigenvalue weighted by Crippen LogP contribution is 2.01. The molecule has 0 unspecified atom stereocenters. The molecule has 0 saturated heterocycles. The number of H-pyrrole nitrogens is 1. The van der Waals surface area contributed by atoms with Crippen LogP contribution in [0.3, 0.4) is 0 Å². The van der Waals surface area contributed by atoms with Crippen molar-refractivity contribution < 1.29 is 13.2 Å². The maximum absolute atomic E-state index is 11.6. The lowest BCUT2D eigenvalue weighted by atomic mass is 10.1. The fraction of sp³-hybridized carbons (Fsp3) is 0.700. The summed E-state index contributed by atoms with van der Waals surface area (Å²) in [5.74, 6) is 0.594. The summed E-state index contributed by atoms with van der Waals surface area (Å²) >= 11 is 0. The number of hydrogen-bond donors (Lipinski definition) is 2. The molecule has 0 aliphatic rings. The van der Waals surface area contributed by atoms with Gasteiger partial charge >= 0.3 is 0 Å². The first-order valence-electron chi connectivity index (χ1n) is 5.58. The van der Waals surface area contributed by atoms with E-state index < -0.39 is 10.0 Å².